The van der Waals surface area contributed by atoms with Gasteiger partial charge in [0.1, 0.15) is 18.4 Å². The highest BCUT2D eigenvalue weighted by Crippen LogP contribution is 2.33. The highest BCUT2D eigenvalue weighted by molar-refractivity contribution is 9.10. The second kappa shape index (κ2) is 8.33. The van der Waals surface area contributed by atoms with Crippen LogP contribution in [0.25, 0.3) is 10.4 Å². The standard InChI is InChI=1S/C15H16BrF2N5O3/c16-10-3-1-2-9(4-10)12(6-17)21-13(24)15(8-20-22-19)5-11(18)7-23(15)14(25)26/h1-4,11-12H,5-8H2,(H,21,24)(H,25,26)/t11?,12-,15?/m1/s1. The average molecular weight is 432 g/mol. The maximum absolute atomic E-state index is 13.9. The first-order valence-electron chi connectivity index (χ1n) is 7.62. The Morgan fingerprint density at radius 1 is 1.58 bits per heavy atom. The maximum atomic E-state index is 13.9. The Hall–Kier alpha value is -2.39. The first-order chi connectivity index (χ1) is 12.3. The Morgan fingerprint density at radius 3 is 2.88 bits per heavy atom. The van der Waals surface area contributed by atoms with Crippen molar-refractivity contribution in [3.8, 4) is 0 Å². The van der Waals surface area contributed by atoms with E-state index in [-0.39, 0.29) is 0 Å². The molecule has 0 aromatic heterocycles. The van der Waals surface area contributed by atoms with Gasteiger partial charge in [0.25, 0.3) is 0 Å². The number of hydrogen-bond acceptors (Lipinski definition) is 3. The minimum absolute atomic E-state index is 0.450. The normalized spacial score (nSPS) is 23.2. The van der Waals surface area contributed by atoms with E-state index in [0.29, 0.717) is 14.9 Å². The van der Waals surface area contributed by atoms with E-state index in [9.17, 15) is 23.5 Å². The number of rotatable bonds is 6. The molecule has 11 heteroatoms. The fraction of sp³-hybridized carbons (Fsp3) is 0.467. The second-order valence-corrected chi connectivity index (χ2v) is 6.77. The minimum Gasteiger partial charge on any atom is -0.465 e. The molecule has 1 saturated heterocycles. The number of likely N-dealkylation sites (tertiary alicyclic amines) is 1. The van der Waals surface area contributed by atoms with Gasteiger partial charge in [0, 0.05) is 15.8 Å². The van der Waals surface area contributed by atoms with Crippen molar-refractivity contribution in [1.82, 2.24) is 10.2 Å². The van der Waals surface area contributed by atoms with Gasteiger partial charge < -0.3 is 10.4 Å². The Bertz CT molecular complexity index is 746. The molecule has 140 valence electrons. The topological polar surface area (TPSA) is 118 Å². The van der Waals surface area contributed by atoms with Crippen LogP contribution in [0.3, 0.4) is 0 Å². The van der Waals surface area contributed by atoms with E-state index >= 15 is 0 Å². The predicted molar refractivity (Wildman–Crippen MR) is 92.0 cm³/mol. The lowest BCUT2D eigenvalue weighted by Gasteiger charge is -2.34. The van der Waals surface area contributed by atoms with Crippen LogP contribution in [-0.4, -0.2) is 53.5 Å². The van der Waals surface area contributed by atoms with Crippen molar-refractivity contribution in [2.24, 2.45) is 5.11 Å². The summed E-state index contributed by atoms with van der Waals surface area (Å²) in [6.45, 7) is -2.06. The highest BCUT2D eigenvalue weighted by atomic mass is 79.9. The lowest BCUT2D eigenvalue weighted by Crippen LogP contribution is -2.59. The Balaban J connectivity index is 2.34. The monoisotopic (exact) mass is 431 g/mol. The smallest absolute Gasteiger partial charge is 0.408 e. The molecule has 1 aliphatic rings. The molecule has 8 nitrogen and oxygen atoms in total. The highest BCUT2D eigenvalue weighted by Gasteiger charge is 2.54. The molecular formula is C15H16BrF2N5O3. The van der Waals surface area contributed by atoms with Crippen LogP contribution in [0.4, 0.5) is 13.6 Å². The minimum atomic E-state index is -1.92. The number of carbonyl (C=O) groups excluding carboxylic acids is 1. The molecule has 0 spiro atoms. The molecule has 2 unspecified atom stereocenters. The number of nitrogens with zero attached hydrogens (tertiary/aromatic N) is 4. The van der Waals surface area contributed by atoms with Gasteiger partial charge in [0.15, 0.2) is 0 Å². The van der Waals surface area contributed by atoms with Crippen molar-refractivity contribution in [2.75, 3.05) is 19.8 Å². The number of azide groups is 1. The van der Waals surface area contributed by atoms with Crippen LogP contribution < -0.4 is 5.32 Å². The van der Waals surface area contributed by atoms with Crippen LogP contribution in [-0.2, 0) is 4.79 Å². The molecule has 0 saturated carbocycles. The summed E-state index contributed by atoms with van der Waals surface area (Å²) in [4.78, 5) is 27.4. The molecule has 1 aliphatic heterocycles. The predicted octanol–water partition coefficient (Wildman–Crippen LogP) is 3.35. The molecule has 1 aromatic carbocycles. The summed E-state index contributed by atoms with van der Waals surface area (Å²) in [7, 11) is 0. The van der Waals surface area contributed by atoms with Crippen molar-refractivity contribution >= 4 is 27.9 Å². The molecule has 3 atom stereocenters. The third-order valence-corrected chi connectivity index (χ3v) is 4.71. The summed E-state index contributed by atoms with van der Waals surface area (Å²) in [6, 6.07) is 5.52. The first-order valence-corrected chi connectivity index (χ1v) is 8.41. The quantitative estimate of drug-likeness (QED) is 0.408. The zero-order valence-corrected chi connectivity index (χ0v) is 15.1. The molecule has 2 rings (SSSR count). The molecule has 26 heavy (non-hydrogen) atoms. The van der Waals surface area contributed by atoms with Gasteiger partial charge >= 0.3 is 6.09 Å². The Morgan fingerprint density at radius 2 is 2.31 bits per heavy atom. The molecule has 0 aliphatic carbocycles. The lowest BCUT2D eigenvalue weighted by atomic mass is 9.93. The van der Waals surface area contributed by atoms with E-state index in [1.165, 1.54) is 0 Å². The van der Waals surface area contributed by atoms with E-state index in [2.05, 4.69) is 31.3 Å². The number of alkyl halides is 2. The van der Waals surface area contributed by atoms with Crippen molar-refractivity contribution < 1.29 is 23.5 Å². The fourth-order valence-electron chi connectivity index (χ4n) is 2.99. The maximum Gasteiger partial charge on any atom is 0.408 e. The van der Waals surface area contributed by atoms with Crippen LogP contribution in [0, 0.1) is 0 Å². The van der Waals surface area contributed by atoms with Crippen LogP contribution in [0.1, 0.15) is 18.0 Å². The zero-order valence-electron chi connectivity index (χ0n) is 13.5. The van der Waals surface area contributed by atoms with Gasteiger partial charge in [-0.3, -0.25) is 9.69 Å². The number of carboxylic acid groups (broad SMARTS) is 1. The summed E-state index contributed by atoms with van der Waals surface area (Å²) in [5.74, 6) is -0.907. The van der Waals surface area contributed by atoms with Gasteiger partial charge in [-0.2, -0.15) is 0 Å². The van der Waals surface area contributed by atoms with E-state index in [1.807, 2.05) is 0 Å². The summed E-state index contributed by atoms with van der Waals surface area (Å²) >= 11 is 3.25. The fourth-order valence-corrected chi connectivity index (χ4v) is 3.40. The number of amides is 2. The third kappa shape index (κ3) is 4.05. The van der Waals surface area contributed by atoms with Crippen LogP contribution in [0.15, 0.2) is 33.9 Å². The lowest BCUT2D eigenvalue weighted by molar-refractivity contribution is -0.131. The largest absolute Gasteiger partial charge is 0.465 e. The van der Waals surface area contributed by atoms with Crippen molar-refractivity contribution in [1.29, 1.82) is 0 Å². The molecular weight excluding hydrogens is 416 g/mol. The third-order valence-electron chi connectivity index (χ3n) is 4.22. The van der Waals surface area contributed by atoms with Crippen LogP contribution in [0.5, 0.6) is 0 Å². The molecule has 0 radical (unpaired) electrons. The molecule has 1 fully saturated rings. The van der Waals surface area contributed by atoms with Gasteiger partial charge in [-0.15, -0.1) is 0 Å². The number of benzene rings is 1. The van der Waals surface area contributed by atoms with Crippen molar-refractivity contribution in [2.45, 2.75) is 24.2 Å². The van der Waals surface area contributed by atoms with Crippen molar-refractivity contribution in [3.63, 3.8) is 0 Å². The first kappa shape index (κ1) is 19.9. The van der Waals surface area contributed by atoms with Gasteiger partial charge in [-0.25, -0.2) is 13.6 Å². The van der Waals surface area contributed by atoms with E-state index < -0.39 is 55.9 Å². The van der Waals surface area contributed by atoms with Crippen molar-refractivity contribution in [3.05, 3.63) is 44.7 Å². The molecule has 1 heterocycles. The van der Waals surface area contributed by atoms with E-state index in [4.69, 9.17) is 5.53 Å². The van der Waals surface area contributed by atoms with Gasteiger partial charge in [-0.05, 0) is 23.2 Å². The van der Waals surface area contributed by atoms with Gasteiger partial charge in [0.2, 0.25) is 5.91 Å². The number of carbonyl (C=O) groups is 2. The molecule has 1 aromatic rings. The average Bonchev–Trinajstić information content (AvgIpc) is 2.95. The molecule has 2 N–H and O–H groups in total. The summed E-state index contributed by atoms with van der Waals surface area (Å²) in [6.07, 6.45) is -3.59. The summed E-state index contributed by atoms with van der Waals surface area (Å²) in [5.41, 5.74) is 7.08. The molecule has 2 amide bonds. The van der Waals surface area contributed by atoms with E-state index in [1.54, 1.807) is 24.3 Å². The van der Waals surface area contributed by atoms with Gasteiger partial charge in [0.05, 0.1) is 19.1 Å². The number of nitrogens with one attached hydrogen (secondary N) is 1. The Kier molecular flexibility index (Phi) is 6.38. The van der Waals surface area contributed by atoms with Crippen LogP contribution >= 0.6 is 15.9 Å². The SMILES string of the molecule is [N-]=[N+]=NCC1(C(=O)N[C@H](CF)c2cccc(Br)c2)CC(F)CN1C(=O)O. The van der Waals surface area contributed by atoms with E-state index in [0.717, 1.165) is 0 Å². The second-order valence-electron chi connectivity index (χ2n) is 5.85. The Labute approximate surface area is 155 Å². The van der Waals surface area contributed by atoms with Gasteiger partial charge in [-0.1, -0.05) is 33.2 Å². The summed E-state index contributed by atoms with van der Waals surface area (Å²) in [5, 5.41) is 15.0. The zero-order chi connectivity index (χ0) is 19.3. The van der Waals surface area contributed by atoms with Crippen LogP contribution in [0.2, 0.25) is 0 Å². The molecule has 0 bridgehead atoms. The summed E-state index contributed by atoms with van der Waals surface area (Å²) < 4.78 is 28.1. The number of halogens is 3. The number of hydrogen-bond donors (Lipinski definition) is 2.